The second-order valence-corrected chi connectivity index (χ2v) is 9.39. The van der Waals surface area contributed by atoms with Gasteiger partial charge in [-0.25, -0.2) is 13.4 Å². The zero-order chi connectivity index (χ0) is 23.8. The van der Waals surface area contributed by atoms with Gasteiger partial charge in [0.25, 0.3) is 11.8 Å². The van der Waals surface area contributed by atoms with Crippen molar-refractivity contribution in [3.8, 4) is 0 Å². The molecule has 2 aromatic heterocycles. The molecule has 4 rings (SSSR count). The molecule has 168 valence electrons. The number of benzene rings is 2. The van der Waals surface area contributed by atoms with Crippen molar-refractivity contribution in [1.82, 2.24) is 9.97 Å². The third-order valence-electron chi connectivity index (χ3n) is 5.03. The number of fused-ring (bicyclic) bond motifs is 1. The first kappa shape index (κ1) is 22.3. The lowest BCUT2D eigenvalue weighted by molar-refractivity contribution is -0.163. The van der Waals surface area contributed by atoms with Gasteiger partial charge in [0, 0.05) is 29.6 Å². The Morgan fingerprint density at radius 1 is 1.03 bits per heavy atom. The Hall–Kier alpha value is -3.86. The number of anilines is 2. The van der Waals surface area contributed by atoms with Gasteiger partial charge < -0.3 is 15.9 Å². The summed E-state index contributed by atoms with van der Waals surface area (Å²) < 4.78 is 24.9. The molecule has 10 heteroatoms. The SMILES string of the molecule is CS(=O)(=O)c1ccccc1N(C(=O)c1cccnc1)C(O)(O)c1ccc2ccc(N)nc2c1. The number of aliphatic hydroxyl groups is 2. The van der Waals surface area contributed by atoms with Gasteiger partial charge in [0.15, 0.2) is 9.84 Å². The Morgan fingerprint density at radius 2 is 1.76 bits per heavy atom. The minimum Gasteiger partial charge on any atom is -0.384 e. The van der Waals surface area contributed by atoms with Crippen LogP contribution in [0.2, 0.25) is 0 Å². The maximum atomic E-state index is 13.5. The summed E-state index contributed by atoms with van der Waals surface area (Å²) in [6.45, 7) is 0. The third kappa shape index (κ3) is 4.27. The van der Waals surface area contributed by atoms with Crippen LogP contribution in [0.4, 0.5) is 11.5 Å². The highest BCUT2D eigenvalue weighted by Gasteiger charge is 2.41. The molecule has 0 saturated heterocycles. The molecule has 9 nitrogen and oxygen atoms in total. The molecule has 0 spiro atoms. The fourth-order valence-corrected chi connectivity index (χ4v) is 4.33. The van der Waals surface area contributed by atoms with Crippen molar-refractivity contribution >= 4 is 38.2 Å². The van der Waals surface area contributed by atoms with Crippen molar-refractivity contribution in [1.29, 1.82) is 0 Å². The van der Waals surface area contributed by atoms with Crippen LogP contribution in [0.25, 0.3) is 10.9 Å². The van der Waals surface area contributed by atoms with E-state index >= 15 is 0 Å². The average Bonchev–Trinajstić information content (AvgIpc) is 2.78. The predicted molar refractivity (Wildman–Crippen MR) is 123 cm³/mol. The zero-order valence-corrected chi connectivity index (χ0v) is 18.3. The number of carbonyl (C=O) groups excluding carboxylic acids is 1. The number of nitrogens with two attached hydrogens (primary N) is 1. The Morgan fingerprint density at radius 3 is 2.45 bits per heavy atom. The Balaban J connectivity index is 1.96. The molecule has 0 atom stereocenters. The number of para-hydroxylation sites is 1. The van der Waals surface area contributed by atoms with Gasteiger partial charge in [-0.15, -0.1) is 0 Å². The standard InChI is InChI=1S/C23H20N4O5S/c1-33(31,32)20-7-3-2-6-19(20)27(22(28)16-5-4-12-25-14-16)23(29,30)17-10-8-15-9-11-21(24)26-18(15)13-17/h2-14,29-30H,1H3,(H2,24,26). The summed E-state index contributed by atoms with van der Waals surface area (Å²) in [5, 5.41) is 23.4. The summed E-state index contributed by atoms with van der Waals surface area (Å²) in [5.41, 5.74) is 5.82. The normalized spacial score (nSPS) is 12.0. The molecule has 33 heavy (non-hydrogen) atoms. The van der Waals surface area contributed by atoms with E-state index in [2.05, 4.69) is 9.97 Å². The molecule has 0 bridgehead atoms. The van der Waals surface area contributed by atoms with E-state index in [1.165, 1.54) is 60.9 Å². The van der Waals surface area contributed by atoms with Crippen LogP contribution in [0, 0.1) is 0 Å². The number of aromatic nitrogens is 2. The summed E-state index contributed by atoms with van der Waals surface area (Å²) in [4.78, 5) is 22.0. The summed E-state index contributed by atoms with van der Waals surface area (Å²) in [6.07, 6.45) is 3.67. The number of nitrogens with zero attached hydrogens (tertiary/aromatic N) is 3. The number of amides is 1. The van der Waals surface area contributed by atoms with E-state index in [1.54, 1.807) is 18.2 Å². The topological polar surface area (TPSA) is 147 Å². The molecule has 0 aliphatic carbocycles. The molecule has 0 saturated carbocycles. The lowest BCUT2D eigenvalue weighted by Crippen LogP contribution is -2.50. The van der Waals surface area contributed by atoms with E-state index in [1.807, 2.05) is 0 Å². The van der Waals surface area contributed by atoms with Crippen molar-refractivity contribution in [2.24, 2.45) is 0 Å². The first-order valence-corrected chi connectivity index (χ1v) is 11.6. The maximum Gasteiger partial charge on any atom is 0.282 e. The van der Waals surface area contributed by atoms with E-state index in [0.717, 1.165) is 6.26 Å². The van der Waals surface area contributed by atoms with Gasteiger partial charge in [0.1, 0.15) is 5.82 Å². The molecule has 4 aromatic rings. The van der Waals surface area contributed by atoms with Gasteiger partial charge in [0.05, 0.1) is 21.7 Å². The Bertz CT molecular complexity index is 1460. The highest BCUT2D eigenvalue weighted by atomic mass is 32.2. The molecular formula is C23H20N4O5S. The van der Waals surface area contributed by atoms with E-state index < -0.39 is 21.7 Å². The van der Waals surface area contributed by atoms with Gasteiger partial charge in [0.2, 0.25) is 0 Å². The lowest BCUT2D eigenvalue weighted by atomic mass is 10.1. The summed E-state index contributed by atoms with van der Waals surface area (Å²) in [7, 11) is -3.84. The third-order valence-corrected chi connectivity index (χ3v) is 6.17. The van der Waals surface area contributed by atoms with Crippen LogP contribution in [-0.2, 0) is 15.7 Å². The number of hydrogen-bond donors (Lipinski definition) is 3. The van der Waals surface area contributed by atoms with E-state index in [4.69, 9.17) is 5.73 Å². The quantitative estimate of drug-likeness (QED) is 0.380. The average molecular weight is 465 g/mol. The second-order valence-electron chi connectivity index (χ2n) is 7.40. The summed E-state index contributed by atoms with van der Waals surface area (Å²) >= 11 is 0. The van der Waals surface area contributed by atoms with E-state index in [0.29, 0.717) is 15.8 Å². The Labute approximate surface area is 189 Å². The lowest BCUT2D eigenvalue weighted by Gasteiger charge is -2.36. The minimum absolute atomic E-state index is 0.0245. The smallest absolute Gasteiger partial charge is 0.282 e. The highest BCUT2D eigenvalue weighted by molar-refractivity contribution is 7.90. The fourth-order valence-electron chi connectivity index (χ4n) is 3.46. The van der Waals surface area contributed by atoms with Crippen LogP contribution in [-0.4, -0.2) is 40.8 Å². The number of hydrogen-bond acceptors (Lipinski definition) is 8. The van der Waals surface area contributed by atoms with Crippen molar-refractivity contribution in [3.63, 3.8) is 0 Å². The van der Waals surface area contributed by atoms with Crippen molar-refractivity contribution < 1.29 is 23.4 Å². The number of nitrogen functional groups attached to an aromatic ring is 1. The van der Waals surface area contributed by atoms with Crippen LogP contribution in [0.1, 0.15) is 15.9 Å². The minimum atomic E-state index is -3.84. The van der Waals surface area contributed by atoms with E-state index in [9.17, 15) is 23.4 Å². The molecule has 2 aromatic carbocycles. The number of sulfone groups is 1. The Kier molecular flexibility index (Phi) is 5.58. The van der Waals surface area contributed by atoms with Gasteiger partial charge in [-0.2, -0.15) is 0 Å². The van der Waals surface area contributed by atoms with Crippen LogP contribution < -0.4 is 10.6 Å². The summed E-state index contributed by atoms with van der Waals surface area (Å²) in [5.74, 6) is -3.59. The molecule has 1 amide bonds. The number of pyridine rings is 2. The fraction of sp³-hybridized carbons (Fsp3) is 0.0870. The molecule has 2 heterocycles. The number of carbonyl (C=O) groups is 1. The van der Waals surface area contributed by atoms with Crippen LogP contribution in [0.5, 0.6) is 0 Å². The first-order chi connectivity index (χ1) is 15.6. The van der Waals surface area contributed by atoms with Crippen molar-refractivity contribution in [3.05, 3.63) is 90.3 Å². The molecule has 0 aliphatic rings. The molecule has 0 radical (unpaired) electrons. The molecular weight excluding hydrogens is 444 g/mol. The van der Waals surface area contributed by atoms with Crippen LogP contribution in [0.15, 0.2) is 84.0 Å². The molecule has 0 aliphatic heterocycles. The molecule has 0 unspecified atom stereocenters. The maximum absolute atomic E-state index is 13.5. The molecule has 4 N–H and O–H groups in total. The molecule has 0 fully saturated rings. The highest BCUT2D eigenvalue weighted by Crippen LogP contribution is 2.36. The second kappa shape index (κ2) is 8.24. The largest absolute Gasteiger partial charge is 0.384 e. The van der Waals surface area contributed by atoms with Crippen molar-refractivity contribution in [2.75, 3.05) is 16.9 Å². The van der Waals surface area contributed by atoms with Gasteiger partial charge in [-0.05, 0) is 42.5 Å². The van der Waals surface area contributed by atoms with Gasteiger partial charge >= 0.3 is 0 Å². The van der Waals surface area contributed by atoms with Gasteiger partial charge in [-0.1, -0.05) is 24.3 Å². The monoisotopic (exact) mass is 464 g/mol. The van der Waals surface area contributed by atoms with Crippen molar-refractivity contribution in [2.45, 2.75) is 10.8 Å². The zero-order valence-electron chi connectivity index (χ0n) is 17.5. The summed E-state index contributed by atoms with van der Waals surface area (Å²) in [6, 6.07) is 16.2. The van der Waals surface area contributed by atoms with Crippen LogP contribution >= 0.6 is 0 Å². The van der Waals surface area contributed by atoms with Gasteiger partial charge in [-0.3, -0.25) is 14.7 Å². The van der Waals surface area contributed by atoms with E-state index in [-0.39, 0.29) is 27.5 Å². The number of rotatable bonds is 5. The van der Waals surface area contributed by atoms with Crippen LogP contribution in [0.3, 0.4) is 0 Å². The first-order valence-electron chi connectivity index (χ1n) is 9.74. The predicted octanol–water partition coefficient (Wildman–Crippen LogP) is 2.06.